The Morgan fingerprint density at radius 2 is 2.25 bits per heavy atom. The van der Waals surface area contributed by atoms with Gasteiger partial charge in [0, 0.05) is 6.04 Å². The molecule has 2 nitrogen and oxygen atoms in total. The fourth-order valence-corrected chi connectivity index (χ4v) is 1.96. The van der Waals surface area contributed by atoms with Crippen molar-refractivity contribution in [3.63, 3.8) is 0 Å². The topological polar surface area (TPSA) is 23.5 Å². The molecule has 1 aliphatic heterocycles. The number of aliphatic hydroxyl groups excluding tert-OH is 1. The molecular weight excluding hydrogens is 150 g/mol. The Morgan fingerprint density at radius 3 is 2.92 bits per heavy atom. The van der Waals surface area contributed by atoms with E-state index >= 15 is 0 Å². The highest BCUT2D eigenvalue weighted by Gasteiger charge is 2.22. The van der Waals surface area contributed by atoms with Gasteiger partial charge in [0.25, 0.3) is 0 Å². The molecule has 1 heterocycles. The molecule has 0 bridgehead atoms. The number of likely N-dealkylation sites (tertiary alicyclic amines) is 1. The maximum Gasteiger partial charge on any atom is 0.0586 e. The van der Waals surface area contributed by atoms with Gasteiger partial charge in [0.05, 0.1) is 6.61 Å². The summed E-state index contributed by atoms with van der Waals surface area (Å²) in [5, 5.41) is 9.05. The lowest BCUT2D eigenvalue weighted by Gasteiger charge is -2.22. The largest absolute Gasteiger partial charge is 0.395 e. The van der Waals surface area contributed by atoms with Gasteiger partial charge in [-0.3, -0.25) is 4.90 Å². The molecule has 0 aliphatic carbocycles. The van der Waals surface area contributed by atoms with Gasteiger partial charge in [-0.15, -0.1) is 0 Å². The maximum absolute atomic E-state index is 9.05. The normalized spacial score (nSPS) is 25.0. The molecule has 2 heteroatoms. The summed E-state index contributed by atoms with van der Waals surface area (Å²) in [5.74, 6) is 0. The summed E-state index contributed by atoms with van der Waals surface area (Å²) in [6, 6.07) is 0.474. The van der Waals surface area contributed by atoms with Crippen molar-refractivity contribution in [3.05, 3.63) is 0 Å². The lowest BCUT2D eigenvalue weighted by molar-refractivity contribution is 0.157. The molecule has 0 amide bonds. The van der Waals surface area contributed by atoms with Crippen molar-refractivity contribution in [2.75, 3.05) is 19.7 Å². The van der Waals surface area contributed by atoms with Gasteiger partial charge in [0.15, 0.2) is 0 Å². The summed E-state index contributed by atoms with van der Waals surface area (Å²) >= 11 is 0. The lowest BCUT2D eigenvalue weighted by atomic mass is 10.2. The molecule has 1 N–H and O–H groups in total. The SMILES string of the molecule is CCCCCN1CCC[C@@H]1CO. The van der Waals surface area contributed by atoms with Crippen molar-refractivity contribution in [2.45, 2.75) is 45.1 Å². The monoisotopic (exact) mass is 171 g/mol. The van der Waals surface area contributed by atoms with Gasteiger partial charge in [-0.25, -0.2) is 0 Å². The van der Waals surface area contributed by atoms with Crippen LogP contribution >= 0.6 is 0 Å². The van der Waals surface area contributed by atoms with Crippen LogP contribution in [0, 0.1) is 0 Å². The molecule has 72 valence electrons. The van der Waals surface area contributed by atoms with Crippen molar-refractivity contribution >= 4 is 0 Å². The number of aliphatic hydroxyl groups is 1. The quantitative estimate of drug-likeness (QED) is 0.636. The number of rotatable bonds is 5. The molecule has 12 heavy (non-hydrogen) atoms. The lowest BCUT2D eigenvalue weighted by Crippen LogP contribution is -2.32. The van der Waals surface area contributed by atoms with E-state index < -0.39 is 0 Å². The Bertz CT molecular complexity index is 116. The van der Waals surface area contributed by atoms with Crippen LogP contribution in [0.2, 0.25) is 0 Å². The molecule has 0 spiro atoms. The minimum atomic E-state index is 0.353. The predicted octanol–water partition coefficient (Wildman–Crippen LogP) is 1.63. The Hall–Kier alpha value is -0.0800. The van der Waals surface area contributed by atoms with Gasteiger partial charge in [-0.05, 0) is 32.4 Å². The van der Waals surface area contributed by atoms with Crippen LogP contribution < -0.4 is 0 Å². The van der Waals surface area contributed by atoms with Crippen molar-refractivity contribution in [2.24, 2.45) is 0 Å². The minimum absolute atomic E-state index is 0.353. The molecule has 1 atom stereocenters. The smallest absolute Gasteiger partial charge is 0.0586 e. The third-order valence-electron chi connectivity index (χ3n) is 2.76. The summed E-state index contributed by atoms with van der Waals surface area (Å²) in [6.45, 7) is 4.98. The van der Waals surface area contributed by atoms with E-state index in [1.807, 2.05) is 0 Å². The van der Waals surface area contributed by atoms with Crippen molar-refractivity contribution in [3.8, 4) is 0 Å². The predicted molar refractivity (Wildman–Crippen MR) is 51.2 cm³/mol. The van der Waals surface area contributed by atoms with Crippen LogP contribution in [0.1, 0.15) is 39.0 Å². The number of unbranched alkanes of at least 4 members (excludes halogenated alkanes) is 2. The first kappa shape index (κ1) is 10.0. The van der Waals surface area contributed by atoms with Gasteiger partial charge in [0.2, 0.25) is 0 Å². The van der Waals surface area contributed by atoms with E-state index in [-0.39, 0.29) is 0 Å². The molecule has 0 saturated carbocycles. The minimum Gasteiger partial charge on any atom is -0.395 e. The Labute approximate surface area is 75.6 Å². The van der Waals surface area contributed by atoms with E-state index in [2.05, 4.69) is 11.8 Å². The molecular formula is C10H21NO. The van der Waals surface area contributed by atoms with Crippen LogP contribution in [0.5, 0.6) is 0 Å². The van der Waals surface area contributed by atoms with Crippen LogP contribution in [0.15, 0.2) is 0 Å². The Balaban J connectivity index is 2.12. The zero-order valence-corrected chi connectivity index (χ0v) is 8.13. The standard InChI is InChI=1S/C10H21NO/c1-2-3-4-7-11-8-5-6-10(11)9-12/h10,12H,2-9H2,1H3/t10-/m1/s1. The molecule has 1 fully saturated rings. The van der Waals surface area contributed by atoms with Gasteiger partial charge >= 0.3 is 0 Å². The van der Waals surface area contributed by atoms with Crippen LogP contribution in [0.4, 0.5) is 0 Å². The summed E-state index contributed by atoms with van der Waals surface area (Å²) in [5.41, 5.74) is 0. The second-order valence-electron chi connectivity index (χ2n) is 3.72. The molecule has 0 aromatic carbocycles. The number of hydrogen-bond donors (Lipinski definition) is 1. The Kier molecular flexibility index (Phi) is 4.62. The van der Waals surface area contributed by atoms with E-state index in [9.17, 15) is 0 Å². The van der Waals surface area contributed by atoms with Gasteiger partial charge in [-0.1, -0.05) is 19.8 Å². The van der Waals surface area contributed by atoms with Crippen LogP contribution in [0.25, 0.3) is 0 Å². The van der Waals surface area contributed by atoms with Gasteiger partial charge in [0.1, 0.15) is 0 Å². The summed E-state index contributed by atoms with van der Waals surface area (Å²) in [7, 11) is 0. The molecule has 1 saturated heterocycles. The molecule has 1 aliphatic rings. The molecule has 0 aromatic rings. The third kappa shape index (κ3) is 2.76. The first-order chi connectivity index (χ1) is 5.88. The second kappa shape index (κ2) is 5.55. The van der Waals surface area contributed by atoms with Crippen molar-refractivity contribution in [1.29, 1.82) is 0 Å². The van der Waals surface area contributed by atoms with E-state index in [4.69, 9.17) is 5.11 Å². The van der Waals surface area contributed by atoms with Crippen LogP contribution in [-0.4, -0.2) is 35.7 Å². The third-order valence-corrected chi connectivity index (χ3v) is 2.76. The van der Waals surface area contributed by atoms with Crippen LogP contribution in [0.3, 0.4) is 0 Å². The van der Waals surface area contributed by atoms with E-state index in [0.29, 0.717) is 12.6 Å². The zero-order valence-electron chi connectivity index (χ0n) is 8.13. The summed E-state index contributed by atoms with van der Waals surface area (Å²) in [6.07, 6.45) is 6.39. The van der Waals surface area contributed by atoms with E-state index in [1.165, 1.54) is 45.2 Å². The molecule has 0 unspecified atom stereocenters. The highest BCUT2D eigenvalue weighted by atomic mass is 16.3. The highest BCUT2D eigenvalue weighted by Crippen LogP contribution is 2.16. The van der Waals surface area contributed by atoms with Gasteiger partial charge < -0.3 is 5.11 Å². The summed E-state index contributed by atoms with van der Waals surface area (Å²) in [4.78, 5) is 2.44. The molecule has 1 rings (SSSR count). The van der Waals surface area contributed by atoms with Crippen molar-refractivity contribution < 1.29 is 5.11 Å². The molecule has 0 radical (unpaired) electrons. The number of nitrogens with zero attached hydrogens (tertiary/aromatic N) is 1. The van der Waals surface area contributed by atoms with E-state index in [0.717, 1.165) is 0 Å². The fraction of sp³-hybridized carbons (Fsp3) is 1.00. The average molecular weight is 171 g/mol. The number of hydrogen-bond acceptors (Lipinski definition) is 2. The van der Waals surface area contributed by atoms with Gasteiger partial charge in [-0.2, -0.15) is 0 Å². The zero-order chi connectivity index (χ0) is 8.81. The maximum atomic E-state index is 9.05. The first-order valence-corrected chi connectivity index (χ1v) is 5.23. The fourth-order valence-electron chi connectivity index (χ4n) is 1.96. The van der Waals surface area contributed by atoms with E-state index in [1.54, 1.807) is 0 Å². The molecule has 0 aromatic heterocycles. The van der Waals surface area contributed by atoms with Crippen LogP contribution in [-0.2, 0) is 0 Å². The summed E-state index contributed by atoms with van der Waals surface area (Å²) < 4.78 is 0. The second-order valence-corrected chi connectivity index (χ2v) is 3.72. The highest BCUT2D eigenvalue weighted by molar-refractivity contribution is 4.77. The average Bonchev–Trinajstić information content (AvgIpc) is 2.52. The Morgan fingerprint density at radius 1 is 1.42 bits per heavy atom. The first-order valence-electron chi connectivity index (χ1n) is 5.23. The van der Waals surface area contributed by atoms with Crippen molar-refractivity contribution in [1.82, 2.24) is 4.90 Å².